The van der Waals surface area contributed by atoms with Gasteiger partial charge in [0.15, 0.2) is 0 Å². The maximum Gasteiger partial charge on any atom is 0.227 e. The molecule has 0 spiro atoms. The number of aromatic nitrogens is 1. The van der Waals surface area contributed by atoms with E-state index in [0.717, 1.165) is 10.8 Å². The van der Waals surface area contributed by atoms with E-state index in [1.165, 1.54) is 12.1 Å². The number of fused-ring (bicyclic) bond motifs is 1. The van der Waals surface area contributed by atoms with Gasteiger partial charge in [-0.25, -0.2) is 9.37 Å². The molecule has 3 aromatic rings. The second-order valence-corrected chi connectivity index (χ2v) is 4.88. The summed E-state index contributed by atoms with van der Waals surface area (Å²) in [5.41, 5.74) is 0.484. The monoisotopic (exact) mass is 303 g/mol. The molecule has 0 atom stereocenters. The lowest BCUT2D eigenvalue weighted by atomic mass is 10.1. The Morgan fingerprint density at radius 2 is 1.95 bits per heavy atom. The highest BCUT2D eigenvalue weighted by Crippen LogP contribution is 2.30. The Balaban J connectivity index is 2.08. The van der Waals surface area contributed by atoms with Gasteiger partial charge in [0, 0.05) is 11.5 Å². The van der Waals surface area contributed by atoms with Gasteiger partial charge in [-0.1, -0.05) is 29.8 Å². The van der Waals surface area contributed by atoms with E-state index in [1.54, 1.807) is 12.1 Å². The van der Waals surface area contributed by atoms with Crippen LogP contribution in [0.15, 0.2) is 48.5 Å². The zero-order chi connectivity index (χ0) is 14.8. The first-order valence-corrected chi connectivity index (χ1v) is 6.67. The molecular formula is C16H11ClFNO2. The second kappa shape index (κ2) is 5.68. The van der Waals surface area contributed by atoms with Gasteiger partial charge >= 0.3 is 0 Å². The smallest absolute Gasteiger partial charge is 0.227 e. The topological polar surface area (TPSA) is 42.4 Å². The lowest BCUT2D eigenvalue weighted by Crippen LogP contribution is -1.95. The van der Waals surface area contributed by atoms with Crippen LogP contribution in [-0.4, -0.2) is 10.1 Å². The number of nitrogens with zero attached hydrogens (tertiary/aromatic N) is 1. The van der Waals surface area contributed by atoms with E-state index in [0.29, 0.717) is 17.3 Å². The van der Waals surface area contributed by atoms with E-state index in [1.807, 2.05) is 24.3 Å². The van der Waals surface area contributed by atoms with Gasteiger partial charge in [-0.05, 0) is 29.7 Å². The molecule has 0 amide bonds. The Morgan fingerprint density at radius 3 is 2.71 bits per heavy atom. The zero-order valence-corrected chi connectivity index (χ0v) is 11.6. The summed E-state index contributed by atoms with van der Waals surface area (Å²) in [5.74, 6) is 0.0558. The van der Waals surface area contributed by atoms with Crippen LogP contribution < -0.4 is 4.74 Å². The molecule has 0 aliphatic heterocycles. The first-order valence-electron chi connectivity index (χ1n) is 6.30. The van der Waals surface area contributed by atoms with Crippen molar-refractivity contribution in [3.05, 3.63) is 65.1 Å². The molecule has 0 aliphatic carbocycles. The standard InChI is InChI=1S/C16H11ClFNO2/c17-14-6-5-12(8-15(14)18)21-16-13-4-2-1-3-10(13)7-11(9-20)19-16/h1-8,20H,9H2. The van der Waals surface area contributed by atoms with Crippen LogP contribution in [0.2, 0.25) is 5.02 Å². The van der Waals surface area contributed by atoms with Crippen molar-refractivity contribution in [1.29, 1.82) is 0 Å². The minimum Gasteiger partial charge on any atom is -0.438 e. The van der Waals surface area contributed by atoms with Crippen molar-refractivity contribution in [2.24, 2.45) is 0 Å². The lowest BCUT2D eigenvalue weighted by Gasteiger charge is -2.10. The Bertz CT molecular complexity index is 807. The first-order chi connectivity index (χ1) is 10.2. The van der Waals surface area contributed by atoms with Gasteiger partial charge < -0.3 is 9.84 Å². The van der Waals surface area contributed by atoms with Gasteiger partial charge in [-0.15, -0.1) is 0 Å². The maximum atomic E-state index is 13.5. The molecule has 0 saturated heterocycles. The summed E-state index contributed by atoms with van der Waals surface area (Å²) in [4.78, 5) is 4.24. The van der Waals surface area contributed by atoms with E-state index in [-0.39, 0.29) is 11.6 Å². The number of rotatable bonds is 3. The molecule has 0 bridgehead atoms. The molecule has 0 saturated carbocycles. The SMILES string of the molecule is OCc1cc2ccccc2c(Oc2ccc(Cl)c(F)c2)n1. The zero-order valence-electron chi connectivity index (χ0n) is 10.9. The molecule has 2 aromatic carbocycles. The first kappa shape index (κ1) is 13.8. The van der Waals surface area contributed by atoms with E-state index in [9.17, 15) is 9.50 Å². The van der Waals surface area contributed by atoms with Crippen molar-refractivity contribution < 1.29 is 14.2 Å². The number of pyridine rings is 1. The molecule has 1 aromatic heterocycles. The van der Waals surface area contributed by atoms with Crippen LogP contribution in [0.4, 0.5) is 4.39 Å². The third-order valence-corrected chi connectivity index (χ3v) is 3.33. The summed E-state index contributed by atoms with van der Waals surface area (Å²) in [7, 11) is 0. The van der Waals surface area contributed by atoms with E-state index >= 15 is 0 Å². The summed E-state index contributed by atoms with van der Waals surface area (Å²) in [6.07, 6.45) is 0. The highest BCUT2D eigenvalue weighted by atomic mass is 35.5. The molecule has 21 heavy (non-hydrogen) atoms. The Kier molecular flexibility index (Phi) is 3.73. The summed E-state index contributed by atoms with van der Waals surface area (Å²) in [6, 6.07) is 13.5. The van der Waals surface area contributed by atoms with Crippen molar-refractivity contribution in [3.8, 4) is 11.6 Å². The van der Waals surface area contributed by atoms with Crippen molar-refractivity contribution in [2.45, 2.75) is 6.61 Å². The van der Waals surface area contributed by atoms with Crippen LogP contribution in [-0.2, 0) is 6.61 Å². The predicted molar refractivity (Wildman–Crippen MR) is 79.1 cm³/mol. The number of aliphatic hydroxyl groups excluding tert-OH is 1. The third kappa shape index (κ3) is 2.82. The minimum absolute atomic E-state index is 0.0317. The maximum absolute atomic E-state index is 13.5. The summed E-state index contributed by atoms with van der Waals surface area (Å²) >= 11 is 5.65. The minimum atomic E-state index is -0.559. The number of halogens is 2. The Labute approximate surface area is 125 Å². The molecule has 3 rings (SSSR count). The van der Waals surface area contributed by atoms with Gasteiger partial charge in [-0.2, -0.15) is 0 Å². The lowest BCUT2D eigenvalue weighted by molar-refractivity contribution is 0.275. The number of aliphatic hydroxyl groups is 1. The van der Waals surface area contributed by atoms with Gasteiger partial charge in [0.2, 0.25) is 5.88 Å². The fraction of sp³-hybridized carbons (Fsp3) is 0.0625. The van der Waals surface area contributed by atoms with Crippen molar-refractivity contribution in [2.75, 3.05) is 0 Å². The Morgan fingerprint density at radius 1 is 1.14 bits per heavy atom. The second-order valence-electron chi connectivity index (χ2n) is 4.48. The molecule has 0 fully saturated rings. The summed E-state index contributed by atoms with van der Waals surface area (Å²) < 4.78 is 19.1. The van der Waals surface area contributed by atoms with Gasteiger partial charge in [-0.3, -0.25) is 0 Å². The summed E-state index contributed by atoms with van der Waals surface area (Å²) in [5, 5.41) is 11.0. The van der Waals surface area contributed by atoms with Gasteiger partial charge in [0.05, 0.1) is 17.3 Å². The van der Waals surface area contributed by atoms with Crippen molar-refractivity contribution in [1.82, 2.24) is 4.98 Å². The third-order valence-electron chi connectivity index (χ3n) is 3.03. The number of ether oxygens (including phenoxy) is 1. The van der Waals surface area contributed by atoms with Crippen LogP contribution in [0.3, 0.4) is 0 Å². The number of hydrogen-bond donors (Lipinski definition) is 1. The largest absolute Gasteiger partial charge is 0.438 e. The average Bonchev–Trinajstić information content (AvgIpc) is 2.51. The predicted octanol–water partition coefficient (Wildman–Crippen LogP) is 4.31. The van der Waals surface area contributed by atoms with Crippen LogP contribution in [0.25, 0.3) is 10.8 Å². The number of hydrogen-bond acceptors (Lipinski definition) is 3. The molecular weight excluding hydrogens is 293 g/mol. The van der Waals surface area contributed by atoms with Gasteiger partial charge in [0.1, 0.15) is 11.6 Å². The molecule has 1 heterocycles. The Hall–Kier alpha value is -2.17. The van der Waals surface area contributed by atoms with E-state index < -0.39 is 5.82 Å². The summed E-state index contributed by atoms with van der Waals surface area (Å²) in [6.45, 7) is -0.198. The van der Waals surface area contributed by atoms with Gasteiger partial charge in [0.25, 0.3) is 0 Å². The number of benzene rings is 2. The molecule has 0 aliphatic rings. The molecule has 1 N–H and O–H groups in total. The van der Waals surface area contributed by atoms with Crippen LogP contribution in [0.1, 0.15) is 5.69 Å². The fourth-order valence-electron chi connectivity index (χ4n) is 2.03. The fourth-order valence-corrected chi connectivity index (χ4v) is 2.15. The quantitative estimate of drug-likeness (QED) is 0.784. The normalized spacial score (nSPS) is 10.8. The van der Waals surface area contributed by atoms with Crippen LogP contribution in [0, 0.1) is 5.82 Å². The van der Waals surface area contributed by atoms with Crippen molar-refractivity contribution >= 4 is 22.4 Å². The highest BCUT2D eigenvalue weighted by molar-refractivity contribution is 6.30. The molecule has 106 valence electrons. The average molecular weight is 304 g/mol. The molecule has 0 radical (unpaired) electrons. The molecule has 0 unspecified atom stereocenters. The highest BCUT2D eigenvalue weighted by Gasteiger charge is 2.09. The van der Waals surface area contributed by atoms with Crippen LogP contribution >= 0.6 is 11.6 Å². The van der Waals surface area contributed by atoms with Crippen LogP contribution in [0.5, 0.6) is 11.6 Å². The van der Waals surface area contributed by atoms with E-state index in [2.05, 4.69) is 4.98 Å². The van der Waals surface area contributed by atoms with E-state index in [4.69, 9.17) is 16.3 Å². The van der Waals surface area contributed by atoms with Crippen molar-refractivity contribution in [3.63, 3.8) is 0 Å². The molecule has 3 nitrogen and oxygen atoms in total. The molecule has 5 heteroatoms.